The largest absolute Gasteiger partial charge is 0.447 e. The molecular formula is C30H29BrN4O6. The van der Waals surface area contributed by atoms with Gasteiger partial charge in [0.1, 0.15) is 18.4 Å². The lowest BCUT2D eigenvalue weighted by Gasteiger charge is -2.16. The van der Waals surface area contributed by atoms with Gasteiger partial charge in [-0.1, -0.05) is 48.5 Å². The van der Waals surface area contributed by atoms with E-state index in [1.165, 1.54) is 0 Å². The predicted octanol–water partition coefficient (Wildman–Crippen LogP) is 6.30. The molecule has 0 saturated carbocycles. The van der Waals surface area contributed by atoms with Crippen LogP contribution in [0.4, 0.5) is 21.0 Å². The van der Waals surface area contributed by atoms with Crippen molar-refractivity contribution in [3.05, 3.63) is 101 Å². The Balaban J connectivity index is 1.10. The third kappa shape index (κ3) is 8.75. The van der Waals surface area contributed by atoms with Gasteiger partial charge in [-0.25, -0.2) is 9.59 Å². The number of pyridine rings is 1. The molecule has 0 radical (unpaired) electrons. The Kier molecular flexibility index (Phi) is 10.6. The van der Waals surface area contributed by atoms with E-state index in [-0.39, 0.29) is 32.3 Å². The molecule has 3 aromatic carbocycles. The van der Waals surface area contributed by atoms with Crippen molar-refractivity contribution in [3.63, 3.8) is 0 Å². The average molecular weight is 621 g/mol. The minimum absolute atomic E-state index is 0.0608. The fourth-order valence-corrected chi connectivity index (χ4v) is 4.34. The molecule has 3 N–H and O–H groups in total. The summed E-state index contributed by atoms with van der Waals surface area (Å²) in [7, 11) is 0. The lowest BCUT2D eigenvalue weighted by Crippen LogP contribution is -2.29. The molecule has 0 aliphatic heterocycles. The Labute approximate surface area is 245 Å². The zero-order valence-electron chi connectivity index (χ0n) is 22.3. The highest BCUT2D eigenvalue weighted by Crippen LogP contribution is 2.28. The molecule has 0 bridgehead atoms. The molecule has 3 amide bonds. The van der Waals surface area contributed by atoms with Crippen LogP contribution in [0, 0.1) is 0 Å². The van der Waals surface area contributed by atoms with Gasteiger partial charge < -0.3 is 24.8 Å². The van der Waals surface area contributed by atoms with Gasteiger partial charge in [-0.15, -0.1) is 0 Å². The molecule has 41 heavy (non-hydrogen) atoms. The highest BCUT2D eigenvalue weighted by Gasteiger charge is 2.15. The fraction of sp³-hybridized carbons (Fsp3) is 0.200. The SMILES string of the molecule is CC(OC(=O)NCCOCCOC(=O)Nc1cccc2ccccc12)c1ccc(NC(=O)c2ccccn2)c(Br)c1. The van der Waals surface area contributed by atoms with Gasteiger partial charge in [-0.3, -0.25) is 15.1 Å². The van der Waals surface area contributed by atoms with Crippen molar-refractivity contribution in [1.82, 2.24) is 10.3 Å². The molecule has 0 aliphatic rings. The van der Waals surface area contributed by atoms with Gasteiger partial charge in [-0.05, 0) is 64.1 Å². The van der Waals surface area contributed by atoms with Gasteiger partial charge in [0.15, 0.2) is 0 Å². The fourth-order valence-electron chi connectivity index (χ4n) is 3.84. The van der Waals surface area contributed by atoms with Gasteiger partial charge in [0.2, 0.25) is 0 Å². The number of nitrogens with one attached hydrogen (secondary N) is 3. The number of ether oxygens (including phenoxy) is 3. The maximum atomic E-state index is 12.3. The number of hydrogen-bond donors (Lipinski definition) is 3. The van der Waals surface area contributed by atoms with E-state index in [2.05, 4.69) is 36.9 Å². The number of carbonyl (C=O) groups is 3. The Bertz CT molecular complexity index is 1500. The molecule has 0 spiro atoms. The lowest BCUT2D eigenvalue weighted by molar-refractivity contribution is 0.0748. The second kappa shape index (κ2) is 14.8. The molecule has 212 valence electrons. The van der Waals surface area contributed by atoms with E-state index >= 15 is 0 Å². The van der Waals surface area contributed by atoms with Crippen LogP contribution in [-0.4, -0.2) is 49.4 Å². The van der Waals surface area contributed by atoms with Gasteiger partial charge >= 0.3 is 12.2 Å². The summed E-state index contributed by atoms with van der Waals surface area (Å²) in [5.41, 5.74) is 2.27. The highest BCUT2D eigenvalue weighted by molar-refractivity contribution is 9.10. The monoisotopic (exact) mass is 620 g/mol. The molecule has 1 heterocycles. The smallest absolute Gasteiger partial charge is 0.411 e. The van der Waals surface area contributed by atoms with Crippen LogP contribution in [0.15, 0.2) is 89.5 Å². The topological polar surface area (TPSA) is 128 Å². The Morgan fingerprint density at radius 2 is 1.66 bits per heavy atom. The Morgan fingerprint density at radius 3 is 2.46 bits per heavy atom. The number of amides is 3. The van der Waals surface area contributed by atoms with E-state index < -0.39 is 18.3 Å². The van der Waals surface area contributed by atoms with Gasteiger partial charge in [0, 0.05) is 22.6 Å². The zero-order valence-corrected chi connectivity index (χ0v) is 23.8. The summed E-state index contributed by atoms with van der Waals surface area (Å²) in [6, 6.07) is 23.7. The van der Waals surface area contributed by atoms with E-state index in [0.717, 1.165) is 16.3 Å². The number of hydrogen-bond acceptors (Lipinski definition) is 7. The zero-order chi connectivity index (χ0) is 29.0. The molecule has 1 unspecified atom stereocenters. The molecule has 0 fully saturated rings. The maximum Gasteiger partial charge on any atom is 0.411 e. The standard InChI is InChI=1S/C30H29BrN4O6/c1-20(22-12-13-26(24(31)19-22)34-28(36)27-10-4-5-14-32-27)41-29(37)33-15-16-39-17-18-40-30(38)35-25-11-6-8-21-7-2-3-9-23(21)25/h2-14,19-20H,15-18H2,1H3,(H,33,37)(H,34,36)(H,35,38). The summed E-state index contributed by atoms with van der Waals surface area (Å²) >= 11 is 3.45. The van der Waals surface area contributed by atoms with Crippen molar-refractivity contribution in [1.29, 1.82) is 0 Å². The second-order valence-corrected chi connectivity index (χ2v) is 9.64. The van der Waals surface area contributed by atoms with Crippen molar-refractivity contribution in [2.45, 2.75) is 13.0 Å². The maximum absolute atomic E-state index is 12.3. The Hall–Kier alpha value is -4.48. The van der Waals surface area contributed by atoms with E-state index in [0.29, 0.717) is 21.5 Å². The van der Waals surface area contributed by atoms with E-state index in [9.17, 15) is 14.4 Å². The van der Waals surface area contributed by atoms with Crippen LogP contribution in [0.5, 0.6) is 0 Å². The molecule has 1 aromatic heterocycles. The van der Waals surface area contributed by atoms with Crippen molar-refractivity contribution in [2.75, 3.05) is 37.0 Å². The van der Waals surface area contributed by atoms with Gasteiger partial charge in [0.05, 0.1) is 24.6 Å². The highest BCUT2D eigenvalue weighted by atomic mass is 79.9. The number of aromatic nitrogens is 1. The Morgan fingerprint density at radius 1 is 0.854 bits per heavy atom. The average Bonchev–Trinajstić information content (AvgIpc) is 2.98. The van der Waals surface area contributed by atoms with Crippen LogP contribution in [0.2, 0.25) is 0 Å². The third-order valence-corrected chi connectivity index (χ3v) is 6.55. The van der Waals surface area contributed by atoms with Crippen LogP contribution in [0.3, 0.4) is 0 Å². The molecule has 0 aliphatic carbocycles. The number of halogens is 1. The summed E-state index contributed by atoms with van der Waals surface area (Å²) < 4.78 is 16.6. The van der Waals surface area contributed by atoms with Crippen LogP contribution < -0.4 is 16.0 Å². The second-order valence-electron chi connectivity index (χ2n) is 8.78. The first-order valence-corrected chi connectivity index (χ1v) is 13.7. The summed E-state index contributed by atoms with van der Waals surface area (Å²) in [6.45, 7) is 2.41. The van der Waals surface area contributed by atoms with Gasteiger partial charge in [0.25, 0.3) is 5.91 Å². The third-order valence-electron chi connectivity index (χ3n) is 5.90. The van der Waals surface area contributed by atoms with Crippen LogP contribution in [0.25, 0.3) is 10.8 Å². The first kappa shape index (κ1) is 29.5. The van der Waals surface area contributed by atoms with Crippen molar-refractivity contribution >= 4 is 56.2 Å². The van der Waals surface area contributed by atoms with Crippen molar-refractivity contribution < 1.29 is 28.6 Å². The molecular weight excluding hydrogens is 592 g/mol. The first-order valence-electron chi connectivity index (χ1n) is 12.9. The number of nitrogens with zero attached hydrogens (tertiary/aromatic N) is 1. The van der Waals surface area contributed by atoms with E-state index in [1.54, 1.807) is 49.5 Å². The minimum Gasteiger partial charge on any atom is -0.447 e. The predicted molar refractivity (Wildman–Crippen MR) is 159 cm³/mol. The molecule has 10 nitrogen and oxygen atoms in total. The summed E-state index contributed by atoms with van der Waals surface area (Å²) in [5, 5.41) is 10.1. The molecule has 0 saturated heterocycles. The number of alkyl carbamates (subject to hydrolysis) is 1. The number of benzene rings is 3. The number of rotatable bonds is 11. The quantitative estimate of drug-likeness (QED) is 0.168. The number of carbonyl (C=O) groups excluding carboxylic acids is 3. The van der Waals surface area contributed by atoms with Crippen molar-refractivity contribution in [2.24, 2.45) is 0 Å². The first-order chi connectivity index (χ1) is 19.9. The molecule has 11 heteroatoms. The van der Waals surface area contributed by atoms with Crippen LogP contribution in [0.1, 0.15) is 29.1 Å². The number of fused-ring (bicyclic) bond motifs is 1. The van der Waals surface area contributed by atoms with Gasteiger partial charge in [-0.2, -0.15) is 0 Å². The summed E-state index contributed by atoms with van der Waals surface area (Å²) in [5.74, 6) is -0.333. The molecule has 4 rings (SSSR count). The molecule has 4 aromatic rings. The van der Waals surface area contributed by atoms with Crippen LogP contribution >= 0.6 is 15.9 Å². The lowest BCUT2D eigenvalue weighted by atomic mass is 10.1. The summed E-state index contributed by atoms with van der Waals surface area (Å²) in [6.07, 6.45) is -0.166. The number of anilines is 2. The minimum atomic E-state index is -0.601. The van der Waals surface area contributed by atoms with Crippen LogP contribution in [-0.2, 0) is 14.2 Å². The summed E-state index contributed by atoms with van der Waals surface area (Å²) in [4.78, 5) is 40.7. The normalized spacial score (nSPS) is 11.4. The van der Waals surface area contributed by atoms with Crippen molar-refractivity contribution in [3.8, 4) is 0 Å². The van der Waals surface area contributed by atoms with E-state index in [4.69, 9.17) is 14.2 Å². The molecule has 1 atom stereocenters. The van der Waals surface area contributed by atoms with E-state index in [1.807, 2.05) is 42.5 Å².